The second kappa shape index (κ2) is 5.90. The van der Waals surface area contributed by atoms with Crippen LogP contribution in [0.25, 0.3) is 11.3 Å². The normalized spacial score (nSPS) is 14.9. The number of rotatable bonds is 4. The molecule has 1 aliphatic heterocycles. The van der Waals surface area contributed by atoms with Crippen LogP contribution in [0.3, 0.4) is 0 Å². The van der Waals surface area contributed by atoms with Crippen LogP contribution in [0.2, 0.25) is 0 Å². The van der Waals surface area contributed by atoms with Crippen LogP contribution in [0, 0.1) is 26.7 Å². The molecular weight excluding hydrogens is 342 g/mol. The molecule has 4 aromatic heterocycles. The SMILES string of the molecule is Cc1cc(NCC2CN(c3ccc4nnc(C)n4n3)C2)n2nc(C)cc2n1. The summed E-state index contributed by atoms with van der Waals surface area (Å²) in [5.74, 6) is 3.32. The van der Waals surface area contributed by atoms with E-state index in [0.29, 0.717) is 5.92 Å². The van der Waals surface area contributed by atoms with Crippen molar-refractivity contribution >= 4 is 22.9 Å². The molecule has 9 nitrogen and oxygen atoms in total. The van der Waals surface area contributed by atoms with Gasteiger partial charge in [-0.25, -0.2) is 4.98 Å². The van der Waals surface area contributed by atoms with E-state index in [1.54, 1.807) is 4.52 Å². The molecule has 0 atom stereocenters. The van der Waals surface area contributed by atoms with Crippen molar-refractivity contribution in [2.24, 2.45) is 5.92 Å². The molecule has 0 aromatic carbocycles. The van der Waals surface area contributed by atoms with Gasteiger partial charge in [-0.05, 0) is 32.9 Å². The molecule has 0 spiro atoms. The van der Waals surface area contributed by atoms with E-state index in [-0.39, 0.29) is 0 Å². The first kappa shape index (κ1) is 16.0. The minimum absolute atomic E-state index is 0.560. The quantitative estimate of drug-likeness (QED) is 0.590. The number of hydrogen-bond donors (Lipinski definition) is 1. The first-order valence-electron chi connectivity index (χ1n) is 9.09. The third-order valence-corrected chi connectivity index (χ3v) is 4.94. The van der Waals surface area contributed by atoms with Crippen LogP contribution in [0.5, 0.6) is 0 Å². The van der Waals surface area contributed by atoms with Gasteiger partial charge in [0.1, 0.15) is 11.6 Å². The van der Waals surface area contributed by atoms with Crippen LogP contribution in [-0.2, 0) is 0 Å². The van der Waals surface area contributed by atoms with Gasteiger partial charge in [0, 0.05) is 43.4 Å². The van der Waals surface area contributed by atoms with Gasteiger partial charge in [0.25, 0.3) is 0 Å². The van der Waals surface area contributed by atoms with E-state index >= 15 is 0 Å². The van der Waals surface area contributed by atoms with E-state index in [1.165, 1.54) is 0 Å². The highest BCUT2D eigenvalue weighted by atomic mass is 15.4. The maximum Gasteiger partial charge on any atom is 0.178 e. The maximum absolute atomic E-state index is 4.64. The van der Waals surface area contributed by atoms with E-state index in [4.69, 9.17) is 0 Å². The van der Waals surface area contributed by atoms with Crippen molar-refractivity contribution in [3.63, 3.8) is 0 Å². The molecule has 0 saturated carbocycles. The third-order valence-electron chi connectivity index (χ3n) is 4.94. The van der Waals surface area contributed by atoms with Crippen LogP contribution in [0.15, 0.2) is 24.3 Å². The molecule has 1 fully saturated rings. The van der Waals surface area contributed by atoms with Crippen LogP contribution in [0.4, 0.5) is 11.6 Å². The summed E-state index contributed by atoms with van der Waals surface area (Å²) >= 11 is 0. The zero-order chi connectivity index (χ0) is 18.5. The second-order valence-corrected chi connectivity index (χ2v) is 7.20. The molecule has 1 N–H and O–H groups in total. The van der Waals surface area contributed by atoms with E-state index < -0.39 is 0 Å². The molecule has 4 aromatic rings. The molecule has 5 heterocycles. The number of fused-ring (bicyclic) bond motifs is 2. The summed E-state index contributed by atoms with van der Waals surface area (Å²) < 4.78 is 3.67. The number of aryl methyl sites for hydroxylation is 3. The number of anilines is 2. The molecule has 0 unspecified atom stereocenters. The monoisotopic (exact) mass is 363 g/mol. The Balaban J connectivity index is 1.26. The van der Waals surface area contributed by atoms with Crippen LogP contribution in [0.1, 0.15) is 17.2 Å². The molecule has 0 bridgehead atoms. The highest BCUT2D eigenvalue weighted by Gasteiger charge is 2.28. The molecular formula is C18H21N9. The van der Waals surface area contributed by atoms with Crippen LogP contribution < -0.4 is 10.2 Å². The van der Waals surface area contributed by atoms with Gasteiger partial charge in [-0.3, -0.25) is 0 Å². The number of nitrogens with one attached hydrogen (secondary N) is 1. The highest BCUT2D eigenvalue weighted by Crippen LogP contribution is 2.24. The fraction of sp³-hybridized carbons (Fsp3) is 0.389. The number of nitrogens with zero attached hydrogens (tertiary/aromatic N) is 8. The zero-order valence-electron chi connectivity index (χ0n) is 15.6. The minimum Gasteiger partial charge on any atom is -0.369 e. The van der Waals surface area contributed by atoms with Gasteiger partial charge in [0.05, 0.1) is 5.69 Å². The fourth-order valence-electron chi connectivity index (χ4n) is 3.53. The Kier molecular flexibility index (Phi) is 3.49. The second-order valence-electron chi connectivity index (χ2n) is 7.20. The molecule has 5 rings (SSSR count). The lowest BCUT2D eigenvalue weighted by molar-refractivity contribution is 0.424. The molecule has 1 aliphatic rings. The Morgan fingerprint density at radius 1 is 0.963 bits per heavy atom. The van der Waals surface area contributed by atoms with Crippen molar-refractivity contribution in [1.29, 1.82) is 0 Å². The smallest absolute Gasteiger partial charge is 0.178 e. The minimum atomic E-state index is 0.560. The Labute approximate surface area is 156 Å². The largest absolute Gasteiger partial charge is 0.369 e. The lowest BCUT2D eigenvalue weighted by Crippen LogP contribution is -2.50. The topological polar surface area (TPSA) is 88.5 Å². The van der Waals surface area contributed by atoms with Gasteiger partial charge in [0.15, 0.2) is 17.1 Å². The maximum atomic E-state index is 4.64. The summed E-state index contributed by atoms with van der Waals surface area (Å²) in [7, 11) is 0. The van der Waals surface area contributed by atoms with Crippen LogP contribution >= 0.6 is 0 Å². The molecule has 0 aliphatic carbocycles. The Hall–Kier alpha value is -3.23. The summed E-state index contributed by atoms with van der Waals surface area (Å²) in [6.45, 7) is 8.73. The molecule has 0 radical (unpaired) electrons. The number of hydrogen-bond acceptors (Lipinski definition) is 7. The zero-order valence-corrected chi connectivity index (χ0v) is 15.6. The first-order chi connectivity index (χ1) is 13.1. The Morgan fingerprint density at radius 3 is 2.67 bits per heavy atom. The summed E-state index contributed by atoms with van der Waals surface area (Å²) in [6.07, 6.45) is 0. The lowest BCUT2D eigenvalue weighted by atomic mass is 10.0. The average Bonchev–Trinajstić information content (AvgIpc) is 3.15. The molecule has 27 heavy (non-hydrogen) atoms. The predicted octanol–water partition coefficient (Wildman–Crippen LogP) is 1.64. The van der Waals surface area contributed by atoms with Crippen molar-refractivity contribution in [2.75, 3.05) is 29.9 Å². The van der Waals surface area contributed by atoms with Crippen molar-refractivity contribution in [2.45, 2.75) is 20.8 Å². The fourth-order valence-corrected chi connectivity index (χ4v) is 3.53. The van der Waals surface area contributed by atoms with E-state index in [0.717, 1.165) is 59.8 Å². The first-order valence-corrected chi connectivity index (χ1v) is 9.09. The van der Waals surface area contributed by atoms with E-state index in [1.807, 2.05) is 49.6 Å². The standard InChI is InChI=1S/C18H21N9/c1-11-6-17(27-18(20-11)7-12(2)23-27)19-8-14-9-25(10-14)16-5-4-15-22-21-13(3)26(15)24-16/h4-7,14,19H,8-10H2,1-3H3. The van der Waals surface area contributed by atoms with Gasteiger partial charge < -0.3 is 10.2 Å². The van der Waals surface area contributed by atoms with Gasteiger partial charge in [-0.1, -0.05) is 0 Å². The third kappa shape index (κ3) is 2.75. The van der Waals surface area contributed by atoms with Crippen molar-refractivity contribution in [3.05, 3.63) is 41.5 Å². The van der Waals surface area contributed by atoms with Gasteiger partial charge in [-0.15, -0.1) is 15.3 Å². The van der Waals surface area contributed by atoms with Gasteiger partial charge >= 0.3 is 0 Å². The molecule has 9 heteroatoms. The van der Waals surface area contributed by atoms with Crippen molar-refractivity contribution < 1.29 is 0 Å². The summed E-state index contributed by atoms with van der Waals surface area (Å²) in [5, 5.41) is 20.8. The predicted molar refractivity (Wildman–Crippen MR) is 102 cm³/mol. The van der Waals surface area contributed by atoms with E-state index in [9.17, 15) is 0 Å². The highest BCUT2D eigenvalue weighted by molar-refractivity contribution is 5.51. The van der Waals surface area contributed by atoms with Crippen molar-refractivity contribution in [1.82, 2.24) is 34.4 Å². The van der Waals surface area contributed by atoms with Crippen LogP contribution in [-0.4, -0.2) is 54.0 Å². The average molecular weight is 363 g/mol. The van der Waals surface area contributed by atoms with Gasteiger partial charge in [-0.2, -0.15) is 14.1 Å². The molecule has 1 saturated heterocycles. The Bertz CT molecular complexity index is 1140. The Morgan fingerprint density at radius 2 is 1.81 bits per heavy atom. The van der Waals surface area contributed by atoms with Gasteiger partial charge in [0.2, 0.25) is 0 Å². The summed E-state index contributed by atoms with van der Waals surface area (Å²) in [6, 6.07) is 8.01. The molecule has 0 amide bonds. The summed E-state index contributed by atoms with van der Waals surface area (Å²) in [5.41, 5.74) is 3.62. The summed E-state index contributed by atoms with van der Waals surface area (Å²) in [4.78, 5) is 6.80. The lowest BCUT2D eigenvalue weighted by Gasteiger charge is -2.40. The molecule has 138 valence electrons. The number of aromatic nitrogens is 7. The van der Waals surface area contributed by atoms with Crippen molar-refractivity contribution in [3.8, 4) is 0 Å². The van der Waals surface area contributed by atoms with E-state index in [2.05, 4.69) is 35.6 Å².